The zero-order chi connectivity index (χ0) is 9.97. The van der Waals surface area contributed by atoms with Gasteiger partial charge in [-0.25, -0.2) is 0 Å². The number of hydrogen-bond donors (Lipinski definition) is 0. The van der Waals surface area contributed by atoms with Crippen molar-refractivity contribution >= 4 is 5.57 Å². The number of nitrogens with zero attached hydrogens (tertiary/aromatic N) is 1. The van der Waals surface area contributed by atoms with E-state index < -0.39 is 0 Å². The van der Waals surface area contributed by atoms with Crippen molar-refractivity contribution in [1.29, 1.82) is 0 Å². The third-order valence-corrected chi connectivity index (χ3v) is 2.77. The van der Waals surface area contributed by atoms with Gasteiger partial charge in [-0.1, -0.05) is 30.3 Å². The first-order valence-corrected chi connectivity index (χ1v) is 5.29. The molecule has 1 heterocycles. The van der Waals surface area contributed by atoms with Crippen LogP contribution in [0.25, 0.3) is 5.57 Å². The highest BCUT2D eigenvalue weighted by Crippen LogP contribution is 2.25. The summed E-state index contributed by atoms with van der Waals surface area (Å²) in [5.74, 6) is 0. The molecule has 1 heteroatoms. The first-order valence-electron chi connectivity index (χ1n) is 5.29. The Morgan fingerprint density at radius 3 is 2.43 bits per heavy atom. The average molecular weight is 187 g/mol. The highest BCUT2D eigenvalue weighted by molar-refractivity contribution is 5.66. The van der Waals surface area contributed by atoms with Crippen LogP contribution in [-0.2, 0) is 0 Å². The fourth-order valence-corrected chi connectivity index (χ4v) is 1.86. The average Bonchev–Trinajstić information content (AvgIpc) is 2.68. The van der Waals surface area contributed by atoms with Gasteiger partial charge < -0.3 is 4.90 Å². The lowest BCUT2D eigenvalue weighted by Crippen LogP contribution is -2.22. The minimum atomic E-state index is 0.621. The molecule has 0 unspecified atom stereocenters. The number of benzene rings is 1. The van der Waals surface area contributed by atoms with Crippen LogP contribution in [0.4, 0.5) is 0 Å². The van der Waals surface area contributed by atoms with Crippen LogP contribution < -0.4 is 0 Å². The van der Waals surface area contributed by atoms with E-state index >= 15 is 0 Å². The predicted octanol–water partition coefficient (Wildman–Crippen LogP) is 3.14. The summed E-state index contributed by atoms with van der Waals surface area (Å²) >= 11 is 0. The molecule has 74 valence electrons. The van der Waals surface area contributed by atoms with Gasteiger partial charge in [0.05, 0.1) is 0 Å². The predicted molar refractivity (Wildman–Crippen MR) is 60.9 cm³/mol. The van der Waals surface area contributed by atoms with Gasteiger partial charge in [0, 0.05) is 18.8 Å². The molecule has 1 aromatic rings. The van der Waals surface area contributed by atoms with E-state index in [-0.39, 0.29) is 0 Å². The molecule has 0 bridgehead atoms. The van der Waals surface area contributed by atoms with Gasteiger partial charge in [0.15, 0.2) is 0 Å². The van der Waals surface area contributed by atoms with Crippen LogP contribution in [0.2, 0.25) is 0 Å². The van der Waals surface area contributed by atoms with Crippen molar-refractivity contribution in [2.75, 3.05) is 6.54 Å². The molecule has 0 saturated carbocycles. The van der Waals surface area contributed by atoms with Crippen LogP contribution in [-0.4, -0.2) is 17.5 Å². The molecule has 2 rings (SSSR count). The van der Waals surface area contributed by atoms with Gasteiger partial charge in [-0.3, -0.25) is 0 Å². The zero-order valence-electron chi connectivity index (χ0n) is 8.90. The Balaban J connectivity index is 2.18. The van der Waals surface area contributed by atoms with Crippen LogP contribution in [0.1, 0.15) is 25.8 Å². The van der Waals surface area contributed by atoms with Crippen LogP contribution in [0.15, 0.2) is 36.5 Å². The molecule has 0 amide bonds. The lowest BCUT2D eigenvalue weighted by molar-refractivity contribution is 0.336. The van der Waals surface area contributed by atoms with Crippen molar-refractivity contribution in [2.24, 2.45) is 0 Å². The van der Waals surface area contributed by atoms with E-state index in [1.807, 2.05) is 0 Å². The van der Waals surface area contributed by atoms with Crippen LogP contribution >= 0.6 is 0 Å². The second kappa shape index (κ2) is 3.87. The van der Waals surface area contributed by atoms with E-state index in [1.165, 1.54) is 24.1 Å². The lowest BCUT2D eigenvalue weighted by atomic mass is 10.1. The van der Waals surface area contributed by atoms with Gasteiger partial charge in [-0.2, -0.15) is 0 Å². The van der Waals surface area contributed by atoms with E-state index in [1.54, 1.807) is 0 Å². The summed E-state index contributed by atoms with van der Waals surface area (Å²) in [7, 11) is 0. The molecule has 0 atom stereocenters. The summed E-state index contributed by atoms with van der Waals surface area (Å²) in [6, 6.07) is 11.3. The molecular weight excluding hydrogens is 170 g/mol. The van der Waals surface area contributed by atoms with Crippen molar-refractivity contribution in [1.82, 2.24) is 4.90 Å². The Kier molecular flexibility index (Phi) is 2.58. The van der Waals surface area contributed by atoms with Crippen LogP contribution in [0.5, 0.6) is 0 Å². The van der Waals surface area contributed by atoms with Crippen LogP contribution in [0, 0.1) is 0 Å². The third kappa shape index (κ3) is 1.82. The Bertz CT molecular complexity index is 324. The van der Waals surface area contributed by atoms with E-state index in [9.17, 15) is 0 Å². The molecule has 1 aromatic carbocycles. The summed E-state index contributed by atoms with van der Waals surface area (Å²) in [4.78, 5) is 2.41. The maximum Gasteiger partial charge on any atom is 0.0228 e. The highest BCUT2D eigenvalue weighted by Gasteiger charge is 2.15. The van der Waals surface area contributed by atoms with E-state index in [0.29, 0.717) is 6.04 Å². The van der Waals surface area contributed by atoms with Crippen LogP contribution in [0.3, 0.4) is 0 Å². The fraction of sp³-hybridized carbons (Fsp3) is 0.385. The van der Waals surface area contributed by atoms with Crippen molar-refractivity contribution < 1.29 is 0 Å². The monoisotopic (exact) mass is 187 g/mol. The summed E-state index contributed by atoms with van der Waals surface area (Å²) in [5.41, 5.74) is 2.84. The summed E-state index contributed by atoms with van der Waals surface area (Å²) in [6.07, 6.45) is 3.49. The summed E-state index contributed by atoms with van der Waals surface area (Å²) < 4.78 is 0. The largest absolute Gasteiger partial charge is 0.374 e. The second-order valence-corrected chi connectivity index (χ2v) is 4.10. The molecule has 0 N–H and O–H groups in total. The topological polar surface area (TPSA) is 3.24 Å². The van der Waals surface area contributed by atoms with Crippen molar-refractivity contribution in [3.8, 4) is 0 Å². The van der Waals surface area contributed by atoms with Gasteiger partial charge in [-0.05, 0) is 31.4 Å². The van der Waals surface area contributed by atoms with Gasteiger partial charge in [-0.15, -0.1) is 0 Å². The second-order valence-electron chi connectivity index (χ2n) is 4.10. The first-order chi connectivity index (χ1) is 6.77. The van der Waals surface area contributed by atoms with Crippen molar-refractivity contribution in [2.45, 2.75) is 26.3 Å². The Morgan fingerprint density at radius 1 is 1.14 bits per heavy atom. The SMILES string of the molecule is CC(C)N1C=C(c2ccccc2)CC1. The molecule has 1 nitrogen and oxygen atoms in total. The standard InChI is InChI=1S/C13H17N/c1-11(2)14-9-8-13(10-14)12-6-4-3-5-7-12/h3-7,10-11H,8-9H2,1-2H3. The van der Waals surface area contributed by atoms with Crippen molar-refractivity contribution in [3.05, 3.63) is 42.1 Å². The Morgan fingerprint density at radius 2 is 1.86 bits per heavy atom. The molecule has 14 heavy (non-hydrogen) atoms. The number of rotatable bonds is 2. The zero-order valence-corrected chi connectivity index (χ0v) is 8.90. The molecule has 0 aliphatic carbocycles. The molecular formula is C13H17N. The smallest absolute Gasteiger partial charge is 0.0228 e. The Labute approximate surface area is 86.1 Å². The molecule has 1 aliphatic heterocycles. The third-order valence-electron chi connectivity index (χ3n) is 2.77. The van der Waals surface area contributed by atoms with E-state index in [4.69, 9.17) is 0 Å². The summed E-state index contributed by atoms with van der Waals surface area (Å²) in [5, 5.41) is 0. The maximum atomic E-state index is 2.41. The molecule has 0 saturated heterocycles. The quantitative estimate of drug-likeness (QED) is 0.687. The molecule has 0 fully saturated rings. The lowest BCUT2D eigenvalue weighted by Gasteiger charge is -2.19. The molecule has 1 aliphatic rings. The van der Waals surface area contributed by atoms with Gasteiger partial charge in [0.25, 0.3) is 0 Å². The Hall–Kier alpha value is -1.24. The summed E-state index contributed by atoms with van der Waals surface area (Å²) in [6.45, 7) is 5.65. The maximum absolute atomic E-state index is 2.41. The minimum Gasteiger partial charge on any atom is -0.374 e. The van der Waals surface area contributed by atoms with Crippen molar-refractivity contribution in [3.63, 3.8) is 0 Å². The molecule has 0 spiro atoms. The van der Waals surface area contributed by atoms with Gasteiger partial charge >= 0.3 is 0 Å². The van der Waals surface area contributed by atoms with Gasteiger partial charge in [0.2, 0.25) is 0 Å². The first kappa shape index (κ1) is 9.32. The van der Waals surface area contributed by atoms with Gasteiger partial charge in [0.1, 0.15) is 0 Å². The minimum absolute atomic E-state index is 0.621. The number of hydrogen-bond acceptors (Lipinski definition) is 1. The molecule has 0 radical (unpaired) electrons. The molecule has 0 aromatic heterocycles. The fourth-order valence-electron chi connectivity index (χ4n) is 1.86. The normalized spacial score (nSPS) is 16.2. The van der Waals surface area contributed by atoms with E-state index in [0.717, 1.165) is 0 Å². The van der Waals surface area contributed by atoms with E-state index in [2.05, 4.69) is 55.3 Å². The highest BCUT2D eigenvalue weighted by atomic mass is 15.1.